The molecule has 0 spiro atoms. The average molecular weight is 342 g/mol. The van der Waals surface area contributed by atoms with Gasteiger partial charge in [0.2, 0.25) is 0 Å². The molecule has 0 aliphatic carbocycles. The Kier molecular flexibility index (Phi) is 4.93. The van der Waals surface area contributed by atoms with Crippen LogP contribution >= 0.6 is 0 Å². The Balaban J connectivity index is 1.49. The third kappa shape index (κ3) is 3.94. The fourth-order valence-electron chi connectivity index (χ4n) is 2.38. The van der Waals surface area contributed by atoms with Gasteiger partial charge in [0.05, 0.1) is 13.3 Å². The topological polar surface area (TPSA) is 114 Å². The lowest BCUT2D eigenvalue weighted by molar-refractivity contribution is 0.240. The van der Waals surface area contributed by atoms with Crippen LogP contribution in [0.15, 0.2) is 41.6 Å². The molecule has 25 heavy (non-hydrogen) atoms. The first-order chi connectivity index (χ1) is 12.2. The normalized spacial score (nSPS) is 10.6. The Hall–Kier alpha value is -3.36. The van der Waals surface area contributed by atoms with E-state index in [1.165, 1.54) is 17.1 Å². The van der Waals surface area contributed by atoms with Crippen molar-refractivity contribution in [2.24, 2.45) is 0 Å². The number of fused-ring (bicyclic) bond motifs is 1. The number of carbonyl (C=O) groups is 1. The highest BCUT2D eigenvalue weighted by atomic mass is 16.5. The van der Waals surface area contributed by atoms with Crippen LogP contribution in [0.3, 0.4) is 0 Å². The maximum absolute atomic E-state index is 11.9. The Labute approximate surface area is 143 Å². The smallest absolute Gasteiger partial charge is 0.327 e. The second-order valence-electron chi connectivity index (χ2n) is 5.30. The Bertz CT molecular complexity index is 916. The summed E-state index contributed by atoms with van der Waals surface area (Å²) < 4.78 is 6.54. The number of imidazole rings is 1. The second-order valence-corrected chi connectivity index (χ2v) is 5.30. The second kappa shape index (κ2) is 7.47. The van der Waals surface area contributed by atoms with Crippen molar-refractivity contribution in [1.82, 2.24) is 30.2 Å². The number of ether oxygens (including phenoxy) is 1. The Morgan fingerprint density at radius 3 is 2.84 bits per heavy atom. The molecule has 0 saturated carbocycles. The van der Waals surface area contributed by atoms with Crippen LogP contribution in [0.1, 0.15) is 5.56 Å². The number of nitrogens with one attached hydrogen (secondary N) is 3. The monoisotopic (exact) mass is 342 g/mol. The number of hydrogen-bond donors (Lipinski definition) is 3. The number of amides is 2. The zero-order valence-corrected chi connectivity index (χ0v) is 13.7. The molecule has 0 radical (unpaired) electrons. The molecule has 2 aromatic heterocycles. The van der Waals surface area contributed by atoms with Crippen LogP contribution in [0, 0.1) is 0 Å². The first-order valence-electron chi connectivity index (χ1n) is 7.70. The van der Waals surface area contributed by atoms with E-state index in [1.54, 1.807) is 7.11 Å². The molecule has 0 atom stereocenters. The quantitative estimate of drug-likeness (QED) is 0.608. The third-order valence-corrected chi connectivity index (χ3v) is 3.67. The Morgan fingerprint density at radius 2 is 2.08 bits per heavy atom. The molecule has 0 bridgehead atoms. The molecule has 0 fully saturated rings. The highest BCUT2D eigenvalue weighted by Gasteiger charge is 2.08. The standard InChI is InChI=1S/C16H18N6O3/c1-25-12-4-2-11(3-5-12)8-19-15(23)18-6-7-22-14-13(21-16(22)24)9-17-10-20-14/h2-5,9-10H,6-8H2,1H3,(H,21,24)(H2,18,19,23). The van der Waals surface area contributed by atoms with Gasteiger partial charge in [0.15, 0.2) is 5.65 Å². The molecule has 2 heterocycles. The largest absolute Gasteiger partial charge is 0.497 e. The van der Waals surface area contributed by atoms with E-state index in [2.05, 4.69) is 25.6 Å². The van der Waals surface area contributed by atoms with Gasteiger partial charge in [-0.3, -0.25) is 4.57 Å². The van der Waals surface area contributed by atoms with Crippen molar-refractivity contribution >= 4 is 17.2 Å². The van der Waals surface area contributed by atoms with Crippen LogP contribution in [0.5, 0.6) is 5.75 Å². The maximum atomic E-state index is 11.9. The molecule has 0 saturated heterocycles. The lowest BCUT2D eigenvalue weighted by atomic mass is 10.2. The summed E-state index contributed by atoms with van der Waals surface area (Å²) >= 11 is 0. The summed E-state index contributed by atoms with van der Waals surface area (Å²) in [6.45, 7) is 1.01. The van der Waals surface area contributed by atoms with E-state index in [4.69, 9.17) is 4.74 Å². The van der Waals surface area contributed by atoms with E-state index in [0.717, 1.165) is 11.3 Å². The molecule has 3 rings (SSSR count). The number of methoxy groups -OCH3 is 1. The van der Waals surface area contributed by atoms with Gasteiger partial charge in [-0.1, -0.05) is 12.1 Å². The zero-order valence-electron chi connectivity index (χ0n) is 13.7. The number of benzene rings is 1. The average Bonchev–Trinajstić information content (AvgIpc) is 2.96. The maximum Gasteiger partial charge on any atom is 0.327 e. The van der Waals surface area contributed by atoms with Crippen LogP contribution < -0.4 is 21.1 Å². The number of urea groups is 1. The minimum absolute atomic E-state index is 0.282. The molecule has 0 aliphatic rings. The van der Waals surface area contributed by atoms with Gasteiger partial charge in [0, 0.05) is 19.6 Å². The fraction of sp³-hybridized carbons (Fsp3) is 0.250. The van der Waals surface area contributed by atoms with Crippen molar-refractivity contribution in [2.75, 3.05) is 13.7 Å². The molecule has 9 nitrogen and oxygen atoms in total. The van der Waals surface area contributed by atoms with E-state index in [0.29, 0.717) is 30.8 Å². The highest BCUT2D eigenvalue weighted by Crippen LogP contribution is 2.10. The molecule has 0 unspecified atom stereocenters. The van der Waals surface area contributed by atoms with E-state index in [1.807, 2.05) is 24.3 Å². The number of aromatic nitrogens is 4. The molecule has 9 heteroatoms. The van der Waals surface area contributed by atoms with Crippen LogP contribution in [-0.2, 0) is 13.1 Å². The fourth-order valence-corrected chi connectivity index (χ4v) is 2.38. The van der Waals surface area contributed by atoms with Gasteiger partial charge in [-0.05, 0) is 17.7 Å². The van der Waals surface area contributed by atoms with Gasteiger partial charge >= 0.3 is 11.7 Å². The first-order valence-corrected chi connectivity index (χ1v) is 7.70. The minimum atomic E-state index is -0.307. The summed E-state index contributed by atoms with van der Waals surface area (Å²) in [5, 5.41) is 5.47. The van der Waals surface area contributed by atoms with Crippen LogP contribution in [-0.4, -0.2) is 39.2 Å². The summed E-state index contributed by atoms with van der Waals surface area (Å²) in [6.07, 6.45) is 2.91. The number of nitrogens with zero attached hydrogens (tertiary/aromatic N) is 3. The predicted octanol–water partition coefficient (Wildman–Crippen LogP) is 0.628. The van der Waals surface area contributed by atoms with Crippen LogP contribution in [0.25, 0.3) is 11.2 Å². The van der Waals surface area contributed by atoms with Crippen molar-refractivity contribution in [3.8, 4) is 5.75 Å². The Morgan fingerprint density at radius 1 is 1.28 bits per heavy atom. The first kappa shape index (κ1) is 16.5. The number of H-pyrrole nitrogens is 1. The van der Waals surface area contributed by atoms with Gasteiger partial charge in [-0.25, -0.2) is 19.6 Å². The zero-order chi connectivity index (χ0) is 17.6. The van der Waals surface area contributed by atoms with E-state index >= 15 is 0 Å². The molecule has 0 aliphatic heterocycles. The van der Waals surface area contributed by atoms with Crippen molar-refractivity contribution < 1.29 is 9.53 Å². The van der Waals surface area contributed by atoms with Gasteiger partial charge in [-0.2, -0.15) is 0 Å². The van der Waals surface area contributed by atoms with Gasteiger partial charge in [0.25, 0.3) is 0 Å². The molecule has 130 valence electrons. The number of rotatable bonds is 6. The molecule has 2 amide bonds. The molecular formula is C16H18N6O3. The summed E-state index contributed by atoms with van der Waals surface area (Å²) in [5.41, 5.74) is 1.76. The minimum Gasteiger partial charge on any atom is -0.497 e. The summed E-state index contributed by atoms with van der Waals surface area (Å²) in [6, 6.07) is 7.12. The molecule has 3 N–H and O–H groups in total. The number of carbonyl (C=O) groups excluding carboxylic acids is 1. The SMILES string of the molecule is COc1ccc(CNC(=O)NCCn2c(=O)[nH]c3cncnc32)cc1. The summed E-state index contributed by atoms with van der Waals surface area (Å²) in [5.74, 6) is 0.765. The number of hydrogen-bond acceptors (Lipinski definition) is 5. The van der Waals surface area contributed by atoms with Crippen LogP contribution in [0.4, 0.5) is 4.79 Å². The van der Waals surface area contributed by atoms with Gasteiger partial charge < -0.3 is 20.4 Å². The van der Waals surface area contributed by atoms with Gasteiger partial charge in [0.1, 0.15) is 17.6 Å². The molecular weight excluding hydrogens is 324 g/mol. The van der Waals surface area contributed by atoms with E-state index in [-0.39, 0.29) is 11.7 Å². The van der Waals surface area contributed by atoms with Gasteiger partial charge in [-0.15, -0.1) is 0 Å². The predicted molar refractivity (Wildman–Crippen MR) is 91.4 cm³/mol. The van der Waals surface area contributed by atoms with Crippen molar-refractivity contribution in [3.63, 3.8) is 0 Å². The van der Waals surface area contributed by atoms with Crippen molar-refractivity contribution in [1.29, 1.82) is 0 Å². The highest BCUT2D eigenvalue weighted by molar-refractivity contribution is 5.73. The van der Waals surface area contributed by atoms with Crippen molar-refractivity contribution in [2.45, 2.75) is 13.1 Å². The van der Waals surface area contributed by atoms with E-state index < -0.39 is 0 Å². The lowest BCUT2D eigenvalue weighted by Crippen LogP contribution is -2.37. The lowest BCUT2D eigenvalue weighted by Gasteiger charge is -2.08. The molecule has 1 aromatic carbocycles. The van der Waals surface area contributed by atoms with Crippen molar-refractivity contribution in [3.05, 3.63) is 52.8 Å². The summed E-state index contributed by atoms with van der Waals surface area (Å²) in [4.78, 5) is 34.3. The number of aromatic amines is 1. The summed E-state index contributed by atoms with van der Waals surface area (Å²) in [7, 11) is 1.60. The van der Waals surface area contributed by atoms with Crippen LogP contribution in [0.2, 0.25) is 0 Å². The molecule has 3 aromatic rings. The van der Waals surface area contributed by atoms with E-state index in [9.17, 15) is 9.59 Å². The third-order valence-electron chi connectivity index (χ3n) is 3.67.